The van der Waals surface area contributed by atoms with Crippen LogP contribution in [0, 0.1) is 0 Å². The Morgan fingerprint density at radius 1 is 1.22 bits per heavy atom. The summed E-state index contributed by atoms with van der Waals surface area (Å²) in [5.41, 5.74) is 0.728. The van der Waals surface area contributed by atoms with Crippen LogP contribution in [-0.2, 0) is 4.79 Å². The molecule has 0 spiro atoms. The fraction of sp³-hybridized carbons (Fsp3) is 0.526. The highest BCUT2D eigenvalue weighted by Gasteiger charge is 2.32. The number of amides is 1. The third kappa shape index (κ3) is 4.76. The lowest BCUT2D eigenvalue weighted by atomic mass is 10.1. The first-order chi connectivity index (χ1) is 13.2. The van der Waals surface area contributed by atoms with E-state index < -0.39 is 0 Å². The Labute approximate surface area is 168 Å². The van der Waals surface area contributed by atoms with E-state index in [1.165, 1.54) is 32.1 Å². The van der Waals surface area contributed by atoms with Gasteiger partial charge in [-0.2, -0.15) is 0 Å². The molecular formula is C19H24ClN5OS. The first-order valence-corrected chi connectivity index (χ1v) is 10.9. The van der Waals surface area contributed by atoms with Crippen molar-refractivity contribution in [2.75, 3.05) is 29.1 Å². The molecule has 1 saturated carbocycles. The number of thioether (sulfide) groups is 1. The summed E-state index contributed by atoms with van der Waals surface area (Å²) < 4.78 is 2.30. The number of hydrogen-bond acceptors (Lipinski definition) is 5. The third-order valence-corrected chi connectivity index (χ3v) is 6.05. The summed E-state index contributed by atoms with van der Waals surface area (Å²) in [5.74, 6) is 1.68. The van der Waals surface area contributed by atoms with Crippen LogP contribution in [-0.4, -0.2) is 39.5 Å². The number of carbonyl (C=O) groups is 1. The minimum Gasteiger partial charge on any atom is -0.341 e. The summed E-state index contributed by atoms with van der Waals surface area (Å²) in [5, 5.41) is 13.4. The van der Waals surface area contributed by atoms with Crippen LogP contribution in [0.5, 0.6) is 0 Å². The van der Waals surface area contributed by atoms with Crippen molar-refractivity contribution in [3.63, 3.8) is 0 Å². The minimum absolute atomic E-state index is 0.0153. The number of anilines is 2. The molecule has 1 N–H and O–H groups in total. The highest BCUT2D eigenvalue weighted by Crippen LogP contribution is 2.41. The monoisotopic (exact) mass is 405 g/mol. The van der Waals surface area contributed by atoms with Crippen molar-refractivity contribution in [1.29, 1.82) is 0 Å². The minimum atomic E-state index is -0.0153. The molecule has 4 rings (SSSR count). The predicted molar refractivity (Wildman–Crippen MR) is 110 cm³/mol. The van der Waals surface area contributed by atoms with E-state index in [0.717, 1.165) is 29.9 Å². The number of nitrogens with one attached hydrogen (secondary N) is 1. The number of rotatable bonds is 7. The van der Waals surface area contributed by atoms with Gasteiger partial charge in [0, 0.05) is 42.0 Å². The molecule has 27 heavy (non-hydrogen) atoms. The van der Waals surface area contributed by atoms with Crippen molar-refractivity contribution in [2.24, 2.45) is 0 Å². The Bertz CT molecular complexity index is 801. The molecule has 2 aromatic rings. The maximum absolute atomic E-state index is 12.2. The molecule has 2 heterocycles. The van der Waals surface area contributed by atoms with E-state index in [2.05, 4.69) is 25.0 Å². The maximum Gasteiger partial charge on any atom is 0.228 e. The van der Waals surface area contributed by atoms with Gasteiger partial charge >= 0.3 is 0 Å². The average Bonchev–Trinajstić information content (AvgIpc) is 3.42. The molecule has 2 aliphatic rings. The molecule has 1 aliphatic carbocycles. The topological polar surface area (TPSA) is 63.1 Å². The Morgan fingerprint density at radius 3 is 2.78 bits per heavy atom. The van der Waals surface area contributed by atoms with Crippen LogP contribution in [0.15, 0.2) is 29.4 Å². The average molecular weight is 406 g/mol. The Hall–Kier alpha value is -1.73. The highest BCUT2D eigenvalue weighted by atomic mass is 35.5. The number of hydrogen-bond donors (Lipinski definition) is 1. The molecule has 144 valence electrons. The zero-order valence-electron chi connectivity index (χ0n) is 15.2. The van der Waals surface area contributed by atoms with E-state index in [1.807, 2.05) is 12.1 Å². The highest BCUT2D eigenvalue weighted by molar-refractivity contribution is 7.99. The van der Waals surface area contributed by atoms with Gasteiger partial charge in [0.1, 0.15) is 0 Å². The summed E-state index contributed by atoms with van der Waals surface area (Å²) >= 11 is 7.57. The second kappa shape index (κ2) is 8.52. The maximum atomic E-state index is 12.2. The second-order valence-corrected chi connectivity index (χ2v) is 8.59. The molecule has 8 heteroatoms. The fourth-order valence-electron chi connectivity index (χ4n) is 3.35. The molecule has 1 aromatic heterocycles. The van der Waals surface area contributed by atoms with Crippen molar-refractivity contribution in [2.45, 2.75) is 49.7 Å². The molecule has 2 fully saturated rings. The van der Waals surface area contributed by atoms with Crippen LogP contribution in [0.4, 0.5) is 11.6 Å². The quantitative estimate of drug-likeness (QED) is 0.692. The molecule has 1 saturated heterocycles. The van der Waals surface area contributed by atoms with E-state index in [1.54, 1.807) is 23.9 Å². The lowest BCUT2D eigenvalue weighted by Crippen LogP contribution is -2.31. The summed E-state index contributed by atoms with van der Waals surface area (Å²) in [4.78, 5) is 14.5. The summed E-state index contributed by atoms with van der Waals surface area (Å²) in [6.07, 6.45) is 6.57. The number of halogens is 1. The molecule has 0 bridgehead atoms. The first-order valence-electron chi connectivity index (χ1n) is 9.59. The molecule has 1 amide bonds. The van der Waals surface area contributed by atoms with Gasteiger partial charge in [0.15, 0.2) is 5.16 Å². The standard InChI is InChI=1S/C19H24ClN5OS/c20-14-5-4-6-15(13-14)21-17(26)9-12-27-19-23-22-18(25(19)16-7-8-16)24-10-2-1-3-11-24/h4-6,13,16H,1-3,7-12H2,(H,21,26). The van der Waals surface area contributed by atoms with E-state index >= 15 is 0 Å². The van der Waals surface area contributed by atoms with Crippen molar-refractivity contribution in [1.82, 2.24) is 14.8 Å². The zero-order valence-corrected chi connectivity index (χ0v) is 16.8. The van der Waals surface area contributed by atoms with Crippen LogP contribution in [0.25, 0.3) is 0 Å². The Morgan fingerprint density at radius 2 is 2.04 bits per heavy atom. The van der Waals surface area contributed by atoms with E-state index in [9.17, 15) is 4.79 Å². The van der Waals surface area contributed by atoms with Crippen LogP contribution in [0.2, 0.25) is 5.02 Å². The number of piperidine rings is 1. The molecule has 0 radical (unpaired) electrons. The van der Waals surface area contributed by atoms with Gasteiger partial charge in [0.05, 0.1) is 0 Å². The van der Waals surface area contributed by atoms with Gasteiger partial charge < -0.3 is 10.2 Å². The lowest BCUT2D eigenvalue weighted by Gasteiger charge is -2.27. The van der Waals surface area contributed by atoms with Gasteiger partial charge in [-0.3, -0.25) is 9.36 Å². The smallest absolute Gasteiger partial charge is 0.228 e. The van der Waals surface area contributed by atoms with Crippen LogP contribution in [0.1, 0.15) is 44.6 Å². The van der Waals surface area contributed by atoms with Crippen LogP contribution < -0.4 is 10.2 Å². The molecule has 1 aromatic carbocycles. The third-order valence-electron chi connectivity index (χ3n) is 4.87. The normalized spacial score (nSPS) is 17.1. The fourth-order valence-corrected chi connectivity index (χ4v) is 4.48. The zero-order chi connectivity index (χ0) is 18.6. The number of nitrogens with zero attached hydrogens (tertiary/aromatic N) is 4. The van der Waals surface area contributed by atoms with Crippen molar-refractivity contribution < 1.29 is 4.79 Å². The van der Waals surface area contributed by atoms with E-state index in [4.69, 9.17) is 11.6 Å². The van der Waals surface area contributed by atoms with E-state index in [-0.39, 0.29) is 5.91 Å². The van der Waals surface area contributed by atoms with Gasteiger partial charge in [0.25, 0.3) is 0 Å². The van der Waals surface area contributed by atoms with Gasteiger partial charge in [-0.25, -0.2) is 0 Å². The number of aromatic nitrogens is 3. The first kappa shape index (κ1) is 18.6. The van der Waals surface area contributed by atoms with Gasteiger partial charge in [-0.05, 0) is 50.3 Å². The Balaban J connectivity index is 1.34. The molecule has 0 atom stereocenters. The second-order valence-electron chi connectivity index (χ2n) is 7.09. The van der Waals surface area contributed by atoms with E-state index in [0.29, 0.717) is 23.2 Å². The van der Waals surface area contributed by atoms with Crippen LogP contribution >= 0.6 is 23.4 Å². The van der Waals surface area contributed by atoms with Crippen LogP contribution in [0.3, 0.4) is 0 Å². The molecule has 0 unspecified atom stereocenters. The molecular weight excluding hydrogens is 382 g/mol. The predicted octanol–water partition coefficient (Wildman–Crippen LogP) is 4.38. The largest absolute Gasteiger partial charge is 0.341 e. The number of benzene rings is 1. The molecule has 1 aliphatic heterocycles. The summed E-state index contributed by atoms with van der Waals surface area (Å²) in [6.45, 7) is 2.13. The Kier molecular flexibility index (Phi) is 5.88. The summed E-state index contributed by atoms with van der Waals surface area (Å²) in [6, 6.07) is 7.73. The van der Waals surface area contributed by atoms with Crippen molar-refractivity contribution in [3.05, 3.63) is 29.3 Å². The van der Waals surface area contributed by atoms with Gasteiger partial charge in [-0.1, -0.05) is 29.4 Å². The van der Waals surface area contributed by atoms with Crippen molar-refractivity contribution in [3.8, 4) is 0 Å². The van der Waals surface area contributed by atoms with Gasteiger partial charge in [0.2, 0.25) is 11.9 Å². The SMILES string of the molecule is O=C(CCSc1nnc(N2CCCCC2)n1C1CC1)Nc1cccc(Cl)c1. The summed E-state index contributed by atoms with van der Waals surface area (Å²) in [7, 11) is 0. The van der Waals surface area contributed by atoms with Gasteiger partial charge in [-0.15, -0.1) is 10.2 Å². The number of carbonyl (C=O) groups excluding carboxylic acids is 1. The lowest BCUT2D eigenvalue weighted by molar-refractivity contribution is -0.115. The van der Waals surface area contributed by atoms with Crippen molar-refractivity contribution >= 4 is 40.9 Å². The molecule has 6 nitrogen and oxygen atoms in total.